The Morgan fingerprint density at radius 2 is 1.88 bits per heavy atom. The van der Waals surface area contributed by atoms with Gasteiger partial charge in [0.2, 0.25) is 17.7 Å². The molecule has 3 amide bonds. The first-order valence-corrected chi connectivity index (χ1v) is 10.5. The average molecular weight is 458 g/mol. The zero-order chi connectivity index (χ0) is 24.4. The van der Waals surface area contributed by atoms with E-state index in [0.29, 0.717) is 19.4 Å². The van der Waals surface area contributed by atoms with Gasteiger partial charge in [-0.05, 0) is 25.2 Å². The van der Waals surface area contributed by atoms with Crippen molar-refractivity contribution in [2.45, 2.75) is 63.8 Å². The van der Waals surface area contributed by atoms with Crippen LogP contribution in [0.2, 0.25) is 0 Å². The number of nitrogens with two attached hydrogens (primary N) is 3. The molecular weight excluding hydrogens is 422 g/mol. The quantitative estimate of drug-likeness (QED) is 0.0902. The van der Waals surface area contributed by atoms with Gasteiger partial charge >= 0.3 is 5.97 Å². The monoisotopic (exact) mass is 457 g/mol. The first-order valence-electron chi connectivity index (χ1n) is 10.5. The second-order valence-electron chi connectivity index (χ2n) is 8.26. The molecule has 0 aliphatic carbocycles. The number of amides is 3. The number of aliphatic hydroxyl groups is 1. The molecule has 13 nitrogen and oxygen atoms in total. The number of aliphatic carboxylic acids is 1. The highest BCUT2D eigenvalue weighted by Crippen LogP contribution is 2.21. The molecule has 1 aliphatic rings. The zero-order valence-electron chi connectivity index (χ0n) is 18.5. The Kier molecular flexibility index (Phi) is 10.9. The van der Waals surface area contributed by atoms with Crippen molar-refractivity contribution in [3.63, 3.8) is 0 Å². The number of carbonyl (C=O) groups is 4. The molecule has 1 heterocycles. The maximum absolute atomic E-state index is 12.9. The molecule has 182 valence electrons. The minimum Gasteiger partial charge on any atom is -0.480 e. The number of carbonyl (C=O) groups excluding carboxylic acids is 3. The third kappa shape index (κ3) is 9.06. The van der Waals surface area contributed by atoms with Crippen molar-refractivity contribution in [2.24, 2.45) is 28.1 Å². The third-order valence-electron chi connectivity index (χ3n) is 4.92. The number of aliphatic imine (C=N–C) groups is 1. The van der Waals surface area contributed by atoms with Gasteiger partial charge in [-0.15, -0.1) is 0 Å². The van der Waals surface area contributed by atoms with Gasteiger partial charge in [0.1, 0.15) is 12.1 Å². The molecular formula is C19H35N7O6. The van der Waals surface area contributed by atoms with Crippen LogP contribution in [0.15, 0.2) is 4.99 Å². The average Bonchev–Trinajstić information content (AvgIpc) is 3.09. The van der Waals surface area contributed by atoms with E-state index in [1.165, 1.54) is 0 Å². The van der Waals surface area contributed by atoms with Crippen molar-refractivity contribution in [3.05, 3.63) is 0 Å². The van der Waals surface area contributed by atoms with Gasteiger partial charge in [-0.2, -0.15) is 0 Å². The smallest absolute Gasteiger partial charge is 0.326 e. The minimum absolute atomic E-state index is 0.0216. The molecule has 32 heavy (non-hydrogen) atoms. The molecule has 13 heteroatoms. The summed E-state index contributed by atoms with van der Waals surface area (Å²) in [6.07, 6.45) is 0.0495. The summed E-state index contributed by atoms with van der Waals surface area (Å²) in [4.78, 5) is 53.6. The summed E-state index contributed by atoms with van der Waals surface area (Å²) in [6, 6.07) is -2.99. The molecule has 0 aromatic heterocycles. The normalized spacial score (nSPS) is 19.8. The topological polar surface area (TPSA) is 226 Å². The van der Waals surface area contributed by atoms with Gasteiger partial charge in [-0.25, -0.2) is 4.79 Å². The van der Waals surface area contributed by atoms with E-state index in [0.717, 1.165) is 4.90 Å². The van der Waals surface area contributed by atoms with Crippen molar-refractivity contribution in [1.29, 1.82) is 0 Å². The van der Waals surface area contributed by atoms with Gasteiger partial charge in [0.15, 0.2) is 5.96 Å². The number of nitrogens with zero attached hydrogens (tertiary/aromatic N) is 2. The van der Waals surface area contributed by atoms with Crippen LogP contribution in [0.25, 0.3) is 0 Å². The summed E-state index contributed by atoms with van der Waals surface area (Å²) < 4.78 is 0. The fourth-order valence-electron chi connectivity index (χ4n) is 3.38. The van der Waals surface area contributed by atoms with E-state index < -0.39 is 54.5 Å². The number of aliphatic hydroxyl groups excluding tert-OH is 1. The highest BCUT2D eigenvalue weighted by Gasteiger charge is 2.41. The summed E-state index contributed by atoms with van der Waals surface area (Å²) in [7, 11) is 0. The van der Waals surface area contributed by atoms with Crippen LogP contribution in [0.4, 0.5) is 0 Å². The van der Waals surface area contributed by atoms with Gasteiger partial charge in [0.25, 0.3) is 0 Å². The first kappa shape index (κ1) is 27.1. The van der Waals surface area contributed by atoms with Crippen LogP contribution in [0.1, 0.15) is 39.5 Å². The Morgan fingerprint density at radius 3 is 2.44 bits per heavy atom. The molecule has 0 aromatic carbocycles. The fraction of sp³-hybridized carbons (Fsp3) is 0.737. The number of hydrogen-bond donors (Lipinski definition) is 7. The lowest BCUT2D eigenvalue weighted by atomic mass is 10.0. The second-order valence-corrected chi connectivity index (χ2v) is 8.26. The molecule has 0 bridgehead atoms. The summed E-state index contributed by atoms with van der Waals surface area (Å²) in [6.45, 7) is 3.51. The van der Waals surface area contributed by atoms with Crippen LogP contribution in [0, 0.1) is 5.92 Å². The Morgan fingerprint density at radius 1 is 1.22 bits per heavy atom. The highest BCUT2D eigenvalue weighted by molar-refractivity contribution is 5.92. The van der Waals surface area contributed by atoms with Crippen LogP contribution < -0.4 is 27.8 Å². The van der Waals surface area contributed by atoms with Gasteiger partial charge in [0, 0.05) is 19.5 Å². The minimum atomic E-state index is -1.22. The predicted octanol–water partition coefficient (Wildman–Crippen LogP) is -2.94. The first-order chi connectivity index (χ1) is 14.9. The number of carboxylic acid groups (broad SMARTS) is 1. The Hall–Kier alpha value is -2.93. The summed E-state index contributed by atoms with van der Waals surface area (Å²) in [5.74, 6) is -2.98. The zero-order valence-corrected chi connectivity index (χ0v) is 18.5. The van der Waals surface area contributed by atoms with Crippen molar-refractivity contribution >= 4 is 29.7 Å². The lowest BCUT2D eigenvalue weighted by molar-refractivity contribution is -0.149. The van der Waals surface area contributed by atoms with E-state index in [1.54, 1.807) is 0 Å². The number of β-amino-alcohol motifs (C(OH)–C–C–N with tert-alkyl or cyclic N) is 1. The number of carboxylic acids is 1. The SMILES string of the molecule is CC(C)CC(NC(=O)CNC(=O)C(N)CCCN=C(N)N)C(=O)N1CC(O)CC1C(=O)O. The summed E-state index contributed by atoms with van der Waals surface area (Å²) >= 11 is 0. The van der Waals surface area contributed by atoms with Gasteiger partial charge < -0.3 is 42.9 Å². The van der Waals surface area contributed by atoms with Crippen molar-refractivity contribution in [1.82, 2.24) is 15.5 Å². The summed E-state index contributed by atoms with van der Waals surface area (Å²) in [5.41, 5.74) is 16.2. The maximum Gasteiger partial charge on any atom is 0.326 e. The molecule has 4 atom stereocenters. The van der Waals surface area contributed by atoms with E-state index in [2.05, 4.69) is 15.6 Å². The number of rotatable bonds is 12. The maximum atomic E-state index is 12.9. The van der Waals surface area contributed by atoms with E-state index in [4.69, 9.17) is 17.2 Å². The Labute approximate surface area is 186 Å². The van der Waals surface area contributed by atoms with E-state index in [-0.39, 0.29) is 31.3 Å². The largest absolute Gasteiger partial charge is 0.480 e. The lowest BCUT2D eigenvalue weighted by Gasteiger charge is -2.28. The molecule has 4 unspecified atom stereocenters. The van der Waals surface area contributed by atoms with Crippen molar-refractivity contribution < 1.29 is 29.4 Å². The molecule has 1 fully saturated rings. The molecule has 0 saturated carbocycles. The molecule has 0 radical (unpaired) electrons. The standard InChI is InChI=1S/C19H35N7O6/c1-10(2)6-13(17(30)26-9-11(27)7-14(26)18(31)32)25-15(28)8-24-16(29)12(20)4-3-5-23-19(21)22/h10-14,27H,3-9,20H2,1-2H3,(H,24,29)(H,25,28)(H,31,32)(H4,21,22,23). The number of guanidine groups is 1. The van der Waals surface area contributed by atoms with Crippen molar-refractivity contribution in [2.75, 3.05) is 19.6 Å². The second kappa shape index (κ2) is 12.8. The summed E-state index contributed by atoms with van der Waals surface area (Å²) in [5, 5.41) is 24.1. The van der Waals surface area contributed by atoms with Gasteiger partial charge in [-0.3, -0.25) is 19.4 Å². The number of likely N-dealkylation sites (tertiary alicyclic amines) is 1. The molecule has 1 saturated heterocycles. The Balaban J connectivity index is 2.63. The van der Waals surface area contributed by atoms with Gasteiger partial charge in [-0.1, -0.05) is 13.8 Å². The van der Waals surface area contributed by atoms with Crippen molar-refractivity contribution in [3.8, 4) is 0 Å². The van der Waals surface area contributed by atoms with E-state index >= 15 is 0 Å². The fourth-order valence-corrected chi connectivity index (χ4v) is 3.38. The van der Waals surface area contributed by atoms with E-state index in [1.807, 2.05) is 13.8 Å². The van der Waals surface area contributed by atoms with Crippen LogP contribution in [-0.2, 0) is 19.2 Å². The van der Waals surface area contributed by atoms with Crippen LogP contribution >= 0.6 is 0 Å². The lowest BCUT2D eigenvalue weighted by Crippen LogP contribution is -2.54. The van der Waals surface area contributed by atoms with Crippen LogP contribution in [-0.4, -0.2) is 88.6 Å². The predicted molar refractivity (Wildman–Crippen MR) is 116 cm³/mol. The molecule has 0 spiro atoms. The highest BCUT2D eigenvalue weighted by atomic mass is 16.4. The third-order valence-corrected chi connectivity index (χ3v) is 4.92. The van der Waals surface area contributed by atoms with Crippen LogP contribution in [0.3, 0.4) is 0 Å². The van der Waals surface area contributed by atoms with E-state index in [9.17, 15) is 29.4 Å². The molecule has 10 N–H and O–H groups in total. The van der Waals surface area contributed by atoms with Crippen LogP contribution in [0.5, 0.6) is 0 Å². The molecule has 1 rings (SSSR count). The van der Waals surface area contributed by atoms with Gasteiger partial charge in [0.05, 0.1) is 18.7 Å². The molecule has 0 aromatic rings. The number of nitrogens with one attached hydrogen (secondary N) is 2. The molecule has 1 aliphatic heterocycles. The Bertz CT molecular complexity index is 710. The number of hydrogen-bond acceptors (Lipinski definition) is 7.